The number of nitrogens with one attached hydrogen (secondary N) is 2. The number of piperidine rings is 1. The Bertz CT molecular complexity index is 504. The Morgan fingerprint density at radius 3 is 2.19 bits per heavy atom. The van der Waals surface area contributed by atoms with Crippen LogP contribution in [-0.2, 0) is 14.4 Å². The topological polar surface area (TPSA) is 78.5 Å². The first-order chi connectivity index (χ1) is 12.6. The quantitative estimate of drug-likeness (QED) is 0.679. The van der Waals surface area contributed by atoms with Gasteiger partial charge in [0.2, 0.25) is 17.7 Å². The number of rotatable bonds is 7. The first-order valence-electron chi connectivity index (χ1n) is 10.5. The summed E-state index contributed by atoms with van der Waals surface area (Å²) in [5.41, 5.74) is 0. The molecule has 3 rings (SSSR count). The molecule has 0 atom stereocenters. The molecule has 0 aromatic carbocycles. The maximum Gasteiger partial charge on any atom is 0.225 e. The Labute approximate surface area is 156 Å². The zero-order valence-electron chi connectivity index (χ0n) is 15.8. The predicted octanol–water partition coefficient (Wildman–Crippen LogP) is 1.98. The minimum Gasteiger partial charge on any atom is -0.356 e. The van der Waals surface area contributed by atoms with Crippen LogP contribution < -0.4 is 10.6 Å². The second-order valence-electron chi connectivity index (χ2n) is 8.17. The SMILES string of the molecule is O=C(CCCNC(=O)C1CC1)NC1CCN(C(=O)C2CCCCC2)CC1. The summed E-state index contributed by atoms with van der Waals surface area (Å²) in [6.45, 7) is 2.10. The van der Waals surface area contributed by atoms with E-state index in [2.05, 4.69) is 10.6 Å². The molecule has 6 nitrogen and oxygen atoms in total. The smallest absolute Gasteiger partial charge is 0.225 e. The normalized spacial score (nSPS) is 22.1. The molecule has 1 aliphatic heterocycles. The van der Waals surface area contributed by atoms with Gasteiger partial charge in [0.25, 0.3) is 0 Å². The van der Waals surface area contributed by atoms with Gasteiger partial charge >= 0.3 is 0 Å². The summed E-state index contributed by atoms with van der Waals surface area (Å²) in [4.78, 5) is 38.2. The number of carbonyl (C=O) groups is 3. The second-order valence-corrected chi connectivity index (χ2v) is 8.17. The van der Waals surface area contributed by atoms with Crippen LogP contribution in [-0.4, -0.2) is 48.3 Å². The van der Waals surface area contributed by atoms with Crippen molar-refractivity contribution in [2.45, 2.75) is 76.7 Å². The Morgan fingerprint density at radius 2 is 1.54 bits per heavy atom. The minimum absolute atomic E-state index is 0.0581. The van der Waals surface area contributed by atoms with Crippen molar-refractivity contribution in [2.24, 2.45) is 11.8 Å². The predicted molar refractivity (Wildman–Crippen MR) is 99.3 cm³/mol. The summed E-state index contributed by atoms with van der Waals surface area (Å²) >= 11 is 0. The lowest BCUT2D eigenvalue weighted by atomic mass is 9.87. The molecule has 0 aromatic rings. The van der Waals surface area contributed by atoms with Crippen molar-refractivity contribution in [2.75, 3.05) is 19.6 Å². The molecule has 6 heteroatoms. The van der Waals surface area contributed by atoms with Crippen molar-refractivity contribution < 1.29 is 14.4 Å². The van der Waals surface area contributed by atoms with Crippen LogP contribution >= 0.6 is 0 Å². The molecular formula is C20H33N3O3. The summed E-state index contributed by atoms with van der Waals surface area (Å²) < 4.78 is 0. The van der Waals surface area contributed by atoms with Crippen LogP contribution in [0.5, 0.6) is 0 Å². The number of hydrogen-bond acceptors (Lipinski definition) is 3. The minimum atomic E-state index is 0.0581. The Morgan fingerprint density at radius 1 is 0.846 bits per heavy atom. The fourth-order valence-electron chi connectivity index (χ4n) is 4.10. The molecule has 1 saturated heterocycles. The van der Waals surface area contributed by atoms with E-state index >= 15 is 0 Å². The molecule has 1 heterocycles. The van der Waals surface area contributed by atoms with Gasteiger partial charge in [0, 0.05) is 43.9 Å². The van der Waals surface area contributed by atoms with Gasteiger partial charge in [-0.1, -0.05) is 19.3 Å². The van der Waals surface area contributed by atoms with Crippen LogP contribution in [0.4, 0.5) is 0 Å². The first-order valence-corrected chi connectivity index (χ1v) is 10.5. The zero-order valence-corrected chi connectivity index (χ0v) is 15.8. The standard InChI is InChI=1S/C20H33N3O3/c24-18(7-4-12-21-19(25)15-8-9-15)22-17-10-13-23(14-11-17)20(26)16-5-2-1-3-6-16/h15-17H,1-14H2,(H,21,25)(H,22,24). The van der Waals surface area contributed by atoms with Crippen LogP contribution in [0, 0.1) is 11.8 Å². The van der Waals surface area contributed by atoms with E-state index < -0.39 is 0 Å². The van der Waals surface area contributed by atoms with Gasteiger partial charge < -0.3 is 15.5 Å². The lowest BCUT2D eigenvalue weighted by Crippen LogP contribution is -2.48. The van der Waals surface area contributed by atoms with Crippen molar-refractivity contribution in [1.82, 2.24) is 15.5 Å². The Hall–Kier alpha value is -1.59. The number of likely N-dealkylation sites (tertiary alicyclic amines) is 1. The summed E-state index contributed by atoms with van der Waals surface area (Å²) in [5, 5.41) is 5.98. The van der Waals surface area contributed by atoms with Crippen molar-refractivity contribution in [3.8, 4) is 0 Å². The van der Waals surface area contributed by atoms with Gasteiger partial charge in [0.1, 0.15) is 0 Å². The van der Waals surface area contributed by atoms with Gasteiger partial charge in [-0.3, -0.25) is 14.4 Å². The van der Waals surface area contributed by atoms with Gasteiger partial charge in [-0.25, -0.2) is 0 Å². The monoisotopic (exact) mass is 363 g/mol. The fraction of sp³-hybridized carbons (Fsp3) is 0.850. The highest BCUT2D eigenvalue weighted by molar-refractivity contribution is 5.81. The molecule has 0 unspecified atom stereocenters. The Balaban J connectivity index is 1.27. The van der Waals surface area contributed by atoms with Crippen molar-refractivity contribution in [1.29, 1.82) is 0 Å². The summed E-state index contributed by atoms with van der Waals surface area (Å²) in [5.74, 6) is 0.995. The highest BCUT2D eigenvalue weighted by atomic mass is 16.2. The molecule has 3 fully saturated rings. The fourth-order valence-corrected chi connectivity index (χ4v) is 4.10. The molecule has 2 aliphatic carbocycles. The zero-order chi connectivity index (χ0) is 18.4. The van der Waals surface area contributed by atoms with Gasteiger partial charge in [-0.2, -0.15) is 0 Å². The second kappa shape index (κ2) is 9.38. The molecule has 0 spiro atoms. The molecule has 3 amide bonds. The number of carbonyl (C=O) groups excluding carboxylic acids is 3. The highest BCUT2D eigenvalue weighted by Gasteiger charge is 2.30. The van der Waals surface area contributed by atoms with Crippen LogP contribution in [0.15, 0.2) is 0 Å². The van der Waals surface area contributed by atoms with E-state index in [4.69, 9.17) is 0 Å². The van der Waals surface area contributed by atoms with Gasteiger partial charge in [-0.05, 0) is 44.9 Å². The van der Waals surface area contributed by atoms with Crippen molar-refractivity contribution in [3.05, 3.63) is 0 Å². The van der Waals surface area contributed by atoms with E-state index in [0.717, 1.165) is 51.6 Å². The Kier molecular flexibility index (Phi) is 6.92. The van der Waals surface area contributed by atoms with E-state index in [9.17, 15) is 14.4 Å². The molecule has 2 N–H and O–H groups in total. The molecular weight excluding hydrogens is 330 g/mol. The largest absolute Gasteiger partial charge is 0.356 e. The molecule has 146 valence electrons. The molecule has 0 radical (unpaired) electrons. The van der Waals surface area contributed by atoms with Crippen LogP contribution in [0.25, 0.3) is 0 Å². The summed E-state index contributed by atoms with van der Waals surface area (Å²) in [7, 11) is 0. The third-order valence-electron chi connectivity index (χ3n) is 5.95. The molecule has 0 bridgehead atoms. The van der Waals surface area contributed by atoms with Crippen LogP contribution in [0.2, 0.25) is 0 Å². The van der Waals surface area contributed by atoms with Gasteiger partial charge in [-0.15, -0.1) is 0 Å². The van der Waals surface area contributed by atoms with Crippen LogP contribution in [0.3, 0.4) is 0 Å². The number of amides is 3. The highest BCUT2D eigenvalue weighted by Crippen LogP contribution is 2.28. The van der Waals surface area contributed by atoms with E-state index in [-0.39, 0.29) is 29.7 Å². The molecule has 26 heavy (non-hydrogen) atoms. The van der Waals surface area contributed by atoms with Gasteiger partial charge in [0.05, 0.1) is 0 Å². The third kappa shape index (κ3) is 5.71. The summed E-state index contributed by atoms with van der Waals surface area (Å²) in [6, 6.07) is 0.180. The van der Waals surface area contributed by atoms with Crippen LogP contribution in [0.1, 0.15) is 70.6 Å². The number of hydrogen-bond donors (Lipinski definition) is 2. The van der Waals surface area contributed by atoms with Crippen molar-refractivity contribution in [3.63, 3.8) is 0 Å². The molecule has 0 aromatic heterocycles. The molecule has 2 saturated carbocycles. The number of nitrogens with zero attached hydrogens (tertiary/aromatic N) is 1. The maximum atomic E-state index is 12.6. The first kappa shape index (κ1) is 19.2. The average Bonchev–Trinajstić information content (AvgIpc) is 3.51. The van der Waals surface area contributed by atoms with E-state index in [0.29, 0.717) is 25.3 Å². The lowest BCUT2D eigenvalue weighted by molar-refractivity contribution is -0.137. The lowest BCUT2D eigenvalue weighted by Gasteiger charge is -2.35. The van der Waals surface area contributed by atoms with Gasteiger partial charge in [0.15, 0.2) is 0 Å². The van der Waals surface area contributed by atoms with E-state index in [1.807, 2.05) is 4.90 Å². The summed E-state index contributed by atoms with van der Waals surface area (Å²) in [6.07, 6.45) is 10.6. The maximum absolute atomic E-state index is 12.6. The van der Waals surface area contributed by atoms with E-state index in [1.165, 1.54) is 19.3 Å². The average molecular weight is 364 g/mol. The van der Waals surface area contributed by atoms with Crippen molar-refractivity contribution >= 4 is 17.7 Å². The van der Waals surface area contributed by atoms with E-state index in [1.54, 1.807) is 0 Å². The third-order valence-corrected chi connectivity index (χ3v) is 5.95. The molecule has 3 aliphatic rings.